The van der Waals surface area contributed by atoms with E-state index in [1.54, 1.807) is 0 Å². The zero-order chi connectivity index (χ0) is 14.3. The van der Waals surface area contributed by atoms with Gasteiger partial charge in [0.15, 0.2) is 0 Å². The number of hydrogen-bond donors (Lipinski definition) is 1. The number of nitrogens with zero attached hydrogens (tertiary/aromatic N) is 2. The summed E-state index contributed by atoms with van der Waals surface area (Å²) in [4.78, 5) is 17.0. The van der Waals surface area contributed by atoms with Crippen molar-refractivity contribution in [2.45, 2.75) is 25.4 Å². The molecule has 3 atom stereocenters. The van der Waals surface area contributed by atoms with Crippen LogP contribution in [0.1, 0.15) is 23.7 Å². The van der Waals surface area contributed by atoms with Gasteiger partial charge in [-0.1, -0.05) is 6.07 Å². The van der Waals surface area contributed by atoms with E-state index in [2.05, 4.69) is 17.1 Å². The highest BCUT2D eigenvalue weighted by Gasteiger charge is 2.44. The Morgan fingerprint density at radius 3 is 2.90 bits per heavy atom. The van der Waals surface area contributed by atoms with Gasteiger partial charge in [0.25, 0.3) is 5.91 Å². The molecule has 4 nitrogen and oxygen atoms in total. The summed E-state index contributed by atoms with van der Waals surface area (Å²) in [6.07, 6.45) is 1.12. The maximum absolute atomic E-state index is 12.9. The van der Waals surface area contributed by atoms with E-state index < -0.39 is 0 Å². The van der Waals surface area contributed by atoms with E-state index in [9.17, 15) is 4.79 Å². The smallest absolute Gasteiger partial charge is 0.254 e. The number of amides is 1. The SMILES string of the molecule is CC1CC2CNCC2N1C(=O)c1cccc(N(C)C)c1. The van der Waals surface area contributed by atoms with Crippen molar-refractivity contribution in [1.29, 1.82) is 0 Å². The molecule has 1 N–H and O–H groups in total. The molecule has 1 aromatic carbocycles. The summed E-state index contributed by atoms with van der Waals surface area (Å²) in [5, 5.41) is 3.41. The van der Waals surface area contributed by atoms with Gasteiger partial charge in [-0.2, -0.15) is 0 Å². The molecule has 0 spiro atoms. The molecule has 2 saturated heterocycles. The Labute approximate surface area is 120 Å². The van der Waals surface area contributed by atoms with Crippen LogP contribution in [0.25, 0.3) is 0 Å². The first-order valence-corrected chi connectivity index (χ1v) is 7.38. The zero-order valence-corrected chi connectivity index (χ0v) is 12.5. The predicted molar refractivity (Wildman–Crippen MR) is 81.2 cm³/mol. The average molecular weight is 273 g/mol. The van der Waals surface area contributed by atoms with Gasteiger partial charge < -0.3 is 15.1 Å². The average Bonchev–Trinajstić information content (AvgIpc) is 2.98. The van der Waals surface area contributed by atoms with Crippen LogP contribution in [0.3, 0.4) is 0 Å². The lowest BCUT2D eigenvalue weighted by atomic mass is 10.0. The molecule has 1 amide bonds. The molecule has 108 valence electrons. The number of rotatable bonds is 2. The maximum Gasteiger partial charge on any atom is 0.254 e. The molecule has 1 aromatic rings. The predicted octanol–water partition coefficient (Wildman–Crippen LogP) is 1.57. The Morgan fingerprint density at radius 2 is 2.15 bits per heavy atom. The van der Waals surface area contributed by atoms with E-state index >= 15 is 0 Å². The quantitative estimate of drug-likeness (QED) is 0.888. The summed E-state index contributed by atoms with van der Waals surface area (Å²) >= 11 is 0. The molecule has 2 aliphatic heterocycles. The molecule has 3 rings (SSSR count). The van der Waals surface area contributed by atoms with Crippen molar-refractivity contribution >= 4 is 11.6 Å². The fourth-order valence-electron chi connectivity index (χ4n) is 3.58. The minimum absolute atomic E-state index is 0.178. The lowest BCUT2D eigenvalue weighted by Gasteiger charge is -2.28. The number of hydrogen-bond acceptors (Lipinski definition) is 3. The minimum Gasteiger partial charge on any atom is -0.378 e. The second kappa shape index (κ2) is 5.09. The van der Waals surface area contributed by atoms with Gasteiger partial charge in [0, 0.05) is 50.5 Å². The van der Waals surface area contributed by atoms with Crippen molar-refractivity contribution in [3.8, 4) is 0 Å². The first-order chi connectivity index (χ1) is 9.58. The molecular formula is C16H23N3O. The van der Waals surface area contributed by atoms with Gasteiger partial charge in [0.05, 0.1) is 0 Å². The third-order valence-corrected chi connectivity index (χ3v) is 4.62. The van der Waals surface area contributed by atoms with Crippen LogP contribution in [-0.4, -0.2) is 50.1 Å². The van der Waals surface area contributed by atoms with Crippen LogP contribution in [0.5, 0.6) is 0 Å². The van der Waals surface area contributed by atoms with Gasteiger partial charge in [0.2, 0.25) is 0 Å². The Balaban J connectivity index is 1.86. The first kappa shape index (κ1) is 13.4. The van der Waals surface area contributed by atoms with Crippen molar-refractivity contribution in [2.24, 2.45) is 5.92 Å². The standard InChI is InChI=1S/C16H23N3O/c1-11-7-13-9-17-10-15(13)19(11)16(20)12-5-4-6-14(8-12)18(2)3/h4-6,8,11,13,15,17H,7,9-10H2,1-3H3. The molecule has 4 heteroatoms. The second-order valence-electron chi connectivity index (χ2n) is 6.23. The Kier molecular flexibility index (Phi) is 3.42. The first-order valence-electron chi connectivity index (χ1n) is 7.38. The Bertz CT molecular complexity index is 514. The van der Waals surface area contributed by atoms with Gasteiger partial charge in [0.1, 0.15) is 0 Å². The Morgan fingerprint density at radius 1 is 1.35 bits per heavy atom. The number of nitrogens with one attached hydrogen (secondary N) is 1. The number of carbonyl (C=O) groups excluding carboxylic acids is 1. The molecule has 0 bridgehead atoms. The van der Waals surface area contributed by atoms with Crippen LogP contribution in [-0.2, 0) is 0 Å². The van der Waals surface area contributed by atoms with Crippen LogP contribution in [0.4, 0.5) is 5.69 Å². The summed E-state index contributed by atoms with van der Waals surface area (Å²) < 4.78 is 0. The van der Waals surface area contributed by atoms with Crippen molar-refractivity contribution in [3.63, 3.8) is 0 Å². The Hall–Kier alpha value is -1.55. The largest absolute Gasteiger partial charge is 0.378 e. The van der Waals surface area contributed by atoms with E-state index in [-0.39, 0.29) is 5.91 Å². The fraction of sp³-hybridized carbons (Fsp3) is 0.562. The van der Waals surface area contributed by atoms with Crippen LogP contribution in [0, 0.1) is 5.92 Å². The maximum atomic E-state index is 12.9. The number of benzene rings is 1. The second-order valence-corrected chi connectivity index (χ2v) is 6.23. The van der Waals surface area contributed by atoms with Crippen molar-refractivity contribution in [1.82, 2.24) is 10.2 Å². The number of fused-ring (bicyclic) bond motifs is 1. The monoisotopic (exact) mass is 273 g/mol. The summed E-state index contributed by atoms with van der Waals surface area (Å²) in [5.41, 5.74) is 1.87. The van der Waals surface area contributed by atoms with Crippen LogP contribution < -0.4 is 10.2 Å². The summed E-state index contributed by atoms with van der Waals surface area (Å²) in [6.45, 7) is 4.16. The lowest BCUT2D eigenvalue weighted by molar-refractivity contribution is 0.0682. The molecule has 0 aromatic heterocycles. The molecule has 0 aliphatic carbocycles. The molecule has 0 saturated carbocycles. The van der Waals surface area contributed by atoms with E-state index in [1.165, 1.54) is 0 Å². The van der Waals surface area contributed by atoms with E-state index in [4.69, 9.17) is 0 Å². The van der Waals surface area contributed by atoms with Crippen molar-refractivity contribution < 1.29 is 4.79 Å². The summed E-state index contributed by atoms with van der Waals surface area (Å²) in [7, 11) is 4.00. The molecule has 3 unspecified atom stereocenters. The molecule has 2 heterocycles. The normalized spacial score (nSPS) is 28.6. The fourth-order valence-corrected chi connectivity index (χ4v) is 3.58. The highest BCUT2D eigenvalue weighted by molar-refractivity contribution is 5.95. The van der Waals surface area contributed by atoms with Crippen LogP contribution in [0.2, 0.25) is 0 Å². The van der Waals surface area contributed by atoms with Crippen molar-refractivity contribution in [3.05, 3.63) is 29.8 Å². The van der Waals surface area contributed by atoms with E-state index in [1.807, 2.05) is 43.3 Å². The van der Waals surface area contributed by atoms with Crippen LogP contribution in [0.15, 0.2) is 24.3 Å². The molecule has 2 aliphatic rings. The molecular weight excluding hydrogens is 250 g/mol. The zero-order valence-electron chi connectivity index (χ0n) is 12.5. The lowest BCUT2D eigenvalue weighted by Crippen LogP contribution is -2.42. The third kappa shape index (κ3) is 2.18. The molecule has 2 fully saturated rings. The number of likely N-dealkylation sites (tertiary alicyclic amines) is 1. The molecule has 20 heavy (non-hydrogen) atoms. The summed E-state index contributed by atoms with van der Waals surface area (Å²) in [6, 6.07) is 8.64. The van der Waals surface area contributed by atoms with Gasteiger partial charge in [-0.3, -0.25) is 4.79 Å². The van der Waals surface area contributed by atoms with Gasteiger partial charge in [-0.15, -0.1) is 0 Å². The molecule has 0 radical (unpaired) electrons. The van der Waals surface area contributed by atoms with Gasteiger partial charge in [-0.25, -0.2) is 0 Å². The number of anilines is 1. The van der Waals surface area contributed by atoms with E-state index in [0.717, 1.165) is 30.8 Å². The topological polar surface area (TPSA) is 35.6 Å². The van der Waals surface area contributed by atoms with Gasteiger partial charge in [-0.05, 0) is 37.5 Å². The summed E-state index contributed by atoms with van der Waals surface area (Å²) in [5.74, 6) is 0.809. The van der Waals surface area contributed by atoms with Gasteiger partial charge >= 0.3 is 0 Å². The highest BCUT2D eigenvalue weighted by atomic mass is 16.2. The van der Waals surface area contributed by atoms with E-state index in [0.29, 0.717) is 18.0 Å². The van der Waals surface area contributed by atoms with Crippen LogP contribution >= 0.6 is 0 Å². The number of carbonyl (C=O) groups is 1. The van der Waals surface area contributed by atoms with Crippen molar-refractivity contribution in [2.75, 3.05) is 32.1 Å². The highest BCUT2D eigenvalue weighted by Crippen LogP contribution is 2.33. The third-order valence-electron chi connectivity index (χ3n) is 4.62. The minimum atomic E-state index is 0.178.